The Morgan fingerprint density at radius 2 is 1.83 bits per heavy atom. The predicted octanol–water partition coefficient (Wildman–Crippen LogP) is 4.21. The summed E-state index contributed by atoms with van der Waals surface area (Å²) in [5.41, 5.74) is 2.88. The van der Waals surface area contributed by atoms with Gasteiger partial charge in [0, 0.05) is 10.0 Å². The first-order valence-electron chi connectivity index (χ1n) is 5.82. The van der Waals surface area contributed by atoms with Gasteiger partial charge in [-0.15, -0.1) is 0 Å². The quantitative estimate of drug-likeness (QED) is 0.896. The smallest absolute Gasteiger partial charge is 0.129 e. The lowest BCUT2D eigenvalue weighted by atomic mass is 9.95. The fourth-order valence-electron chi connectivity index (χ4n) is 2.15. The van der Waals surface area contributed by atoms with E-state index in [-0.39, 0.29) is 11.9 Å². The van der Waals surface area contributed by atoms with E-state index in [4.69, 9.17) is 0 Å². The molecule has 2 aromatic carbocycles. The molecule has 94 valence electrons. The molecule has 2 aromatic rings. The monoisotopic (exact) mass is 307 g/mol. The molecular formula is C15H15BrFN. The first kappa shape index (κ1) is 13.2. The zero-order valence-electron chi connectivity index (χ0n) is 10.4. The van der Waals surface area contributed by atoms with Crippen LogP contribution in [0, 0.1) is 12.7 Å². The highest BCUT2D eigenvalue weighted by Gasteiger charge is 2.20. The maximum absolute atomic E-state index is 14.0. The Morgan fingerprint density at radius 3 is 2.44 bits per heavy atom. The first-order chi connectivity index (χ1) is 8.65. The van der Waals surface area contributed by atoms with Crippen LogP contribution in [0.2, 0.25) is 0 Å². The SMILES string of the molecule is CNC(c1ccccc1C)c1c(F)cccc1Br. The van der Waals surface area contributed by atoms with Crippen molar-refractivity contribution in [3.05, 3.63) is 69.4 Å². The van der Waals surface area contributed by atoms with Crippen LogP contribution >= 0.6 is 15.9 Å². The van der Waals surface area contributed by atoms with Gasteiger partial charge in [-0.25, -0.2) is 4.39 Å². The largest absolute Gasteiger partial charge is 0.309 e. The van der Waals surface area contributed by atoms with Crippen molar-refractivity contribution < 1.29 is 4.39 Å². The van der Waals surface area contributed by atoms with Crippen molar-refractivity contribution in [2.24, 2.45) is 0 Å². The van der Waals surface area contributed by atoms with Crippen LogP contribution in [0.3, 0.4) is 0 Å². The van der Waals surface area contributed by atoms with Crippen LogP contribution in [0.25, 0.3) is 0 Å². The lowest BCUT2D eigenvalue weighted by Crippen LogP contribution is -2.20. The van der Waals surface area contributed by atoms with Gasteiger partial charge in [0.25, 0.3) is 0 Å². The first-order valence-corrected chi connectivity index (χ1v) is 6.61. The van der Waals surface area contributed by atoms with Crippen molar-refractivity contribution in [3.63, 3.8) is 0 Å². The Labute approximate surface area is 115 Å². The second-order valence-electron chi connectivity index (χ2n) is 4.21. The minimum Gasteiger partial charge on any atom is -0.309 e. The van der Waals surface area contributed by atoms with Gasteiger partial charge in [0.05, 0.1) is 6.04 Å². The second-order valence-corrected chi connectivity index (χ2v) is 5.07. The molecule has 3 heteroatoms. The van der Waals surface area contributed by atoms with E-state index >= 15 is 0 Å². The van der Waals surface area contributed by atoms with Crippen molar-refractivity contribution in [2.45, 2.75) is 13.0 Å². The van der Waals surface area contributed by atoms with E-state index in [2.05, 4.69) is 21.2 Å². The third kappa shape index (κ3) is 2.47. The number of hydrogen-bond acceptors (Lipinski definition) is 1. The average molecular weight is 308 g/mol. The Balaban J connectivity index is 2.56. The van der Waals surface area contributed by atoms with Crippen molar-refractivity contribution in [2.75, 3.05) is 7.05 Å². The molecule has 1 nitrogen and oxygen atoms in total. The van der Waals surface area contributed by atoms with Gasteiger partial charge < -0.3 is 5.32 Å². The summed E-state index contributed by atoms with van der Waals surface area (Å²) in [6.07, 6.45) is 0. The number of benzene rings is 2. The average Bonchev–Trinajstić information content (AvgIpc) is 2.35. The normalized spacial score (nSPS) is 12.4. The summed E-state index contributed by atoms with van der Waals surface area (Å²) in [4.78, 5) is 0. The molecule has 0 saturated carbocycles. The molecule has 1 unspecified atom stereocenters. The molecule has 2 rings (SSSR count). The van der Waals surface area contributed by atoms with Gasteiger partial charge in [-0.05, 0) is 37.2 Å². The molecule has 0 heterocycles. The Bertz CT molecular complexity index is 534. The summed E-state index contributed by atoms with van der Waals surface area (Å²) in [6.45, 7) is 2.04. The van der Waals surface area contributed by atoms with Gasteiger partial charge in [-0.3, -0.25) is 0 Å². The molecule has 0 aliphatic rings. The minimum absolute atomic E-state index is 0.151. The lowest BCUT2D eigenvalue weighted by molar-refractivity contribution is 0.573. The van der Waals surface area contributed by atoms with Crippen LogP contribution in [0.4, 0.5) is 4.39 Å². The molecule has 18 heavy (non-hydrogen) atoms. The number of hydrogen-bond donors (Lipinski definition) is 1. The lowest BCUT2D eigenvalue weighted by Gasteiger charge is -2.21. The minimum atomic E-state index is -0.202. The van der Waals surface area contributed by atoms with Crippen LogP contribution in [-0.4, -0.2) is 7.05 Å². The van der Waals surface area contributed by atoms with Gasteiger partial charge in [0.2, 0.25) is 0 Å². The van der Waals surface area contributed by atoms with Crippen LogP contribution in [0.5, 0.6) is 0 Å². The Kier molecular flexibility index (Phi) is 4.15. The maximum Gasteiger partial charge on any atom is 0.129 e. The van der Waals surface area contributed by atoms with Crippen LogP contribution in [-0.2, 0) is 0 Å². The van der Waals surface area contributed by atoms with E-state index in [0.717, 1.165) is 15.6 Å². The third-order valence-corrected chi connectivity index (χ3v) is 3.77. The van der Waals surface area contributed by atoms with Crippen LogP contribution in [0.15, 0.2) is 46.9 Å². The number of nitrogens with one attached hydrogen (secondary N) is 1. The highest BCUT2D eigenvalue weighted by atomic mass is 79.9. The van der Waals surface area contributed by atoms with E-state index in [1.54, 1.807) is 6.07 Å². The van der Waals surface area contributed by atoms with Gasteiger partial charge in [0.15, 0.2) is 0 Å². The van der Waals surface area contributed by atoms with Gasteiger partial charge in [0.1, 0.15) is 5.82 Å². The summed E-state index contributed by atoms with van der Waals surface area (Å²) in [5.74, 6) is -0.202. The van der Waals surface area contributed by atoms with E-state index in [1.807, 2.05) is 44.3 Å². The summed E-state index contributed by atoms with van der Waals surface area (Å²) >= 11 is 3.43. The molecule has 0 aliphatic carbocycles. The summed E-state index contributed by atoms with van der Waals surface area (Å²) in [6, 6.07) is 12.9. The van der Waals surface area contributed by atoms with Crippen LogP contribution < -0.4 is 5.32 Å². The third-order valence-electron chi connectivity index (χ3n) is 3.08. The van der Waals surface area contributed by atoms with Crippen molar-refractivity contribution in [3.8, 4) is 0 Å². The molecule has 1 atom stereocenters. The van der Waals surface area contributed by atoms with E-state index in [0.29, 0.717) is 5.56 Å². The predicted molar refractivity (Wildman–Crippen MR) is 76.2 cm³/mol. The standard InChI is InChI=1S/C15H15BrFN/c1-10-6-3-4-7-11(10)15(18-2)14-12(16)8-5-9-13(14)17/h3-9,15,18H,1-2H3. The van der Waals surface area contributed by atoms with Gasteiger partial charge in [-0.1, -0.05) is 46.3 Å². The molecule has 0 fully saturated rings. The number of halogens is 2. The maximum atomic E-state index is 14.0. The Hall–Kier alpha value is -1.19. The number of rotatable bonds is 3. The summed E-state index contributed by atoms with van der Waals surface area (Å²) in [5, 5.41) is 3.19. The fraction of sp³-hybridized carbons (Fsp3) is 0.200. The molecule has 1 N–H and O–H groups in total. The van der Waals surface area contributed by atoms with Crippen LogP contribution in [0.1, 0.15) is 22.7 Å². The summed E-state index contributed by atoms with van der Waals surface area (Å²) < 4.78 is 14.8. The fourth-order valence-corrected chi connectivity index (χ4v) is 2.72. The second kappa shape index (κ2) is 5.63. The van der Waals surface area contributed by atoms with Gasteiger partial charge in [-0.2, -0.15) is 0 Å². The van der Waals surface area contributed by atoms with E-state index < -0.39 is 0 Å². The zero-order valence-corrected chi connectivity index (χ0v) is 12.0. The molecule has 0 aromatic heterocycles. The van der Waals surface area contributed by atoms with Gasteiger partial charge >= 0.3 is 0 Å². The van der Waals surface area contributed by atoms with Crippen molar-refractivity contribution in [1.82, 2.24) is 5.32 Å². The molecule has 0 amide bonds. The topological polar surface area (TPSA) is 12.0 Å². The molecule has 0 radical (unpaired) electrons. The Morgan fingerprint density at radius 1 is 1.11 bits per heavy atom. The van der Waals surface area contributed by atoms with E-state index in [1.165, 1.54) is 6.07 Å². The zero-order chi connectivity index (χ0) is 13.1. The van der Waals surface area contributed by atoms with E-state index in [9.17, 15) is 4.39 Å². The molecular weight excluding hydrogens is 293 g/mol. The van der Waals surface area contributed by atoms with Crippen molar-refractivity contribution >= 4 is 15.9 Å². The number of aryl methyl sites for hydroxylation is 1. The highest BCUT2D eigenvalue weighted by molar-refractivity contribution is 9.10. The molecule has 0 bridgehead atoms. The summed E-state index contributed by atoms with van der Waals surface area (Å²) in [7, 11) is 1.84. The van der Waals surface area contributed by atoms with Crippen molar-refractivity contribution in [1.29, 1.82) is 0 Å². The molecule has 0 spiro atoms. The molecule has 0 saturated heterocycles. The molecule has 0 aliphatic heterocycles. The highest BCUT2D eigenvalue weighted by Crippen LogP contribution is 2.31.